The lowest BCUT2D eigenvalue weighted by molar-refractivity contribution is -0.124. The number of halogens is 4. The first-order valence-electron chi connectivity index (χ1n) is 46.1. The highest BCUT2D eigenvalue weighted by molar-refractivity contribution is 7.20. The Hall–Kier alpha value is -7.67. The second kappa shape index (κ2) is 66.7. The van der Waals surface area contributed by atoms with Crippen LogP contribution in [0.4, 0.5) is 37.1 Å². The number of nitrogens with one attached hydrogen (secondary N) is 2. The quantitative estimate of drug-likeness (QED) is 0.00651. The number of carbonyl (C=O) groups excluding carboxylic acids is 3. The molecule has 0 unspecified atom stereocenters. The number of para-hydroxylation sites is 4. The summed E-state index contributed by atoms with van der Waals surface area (Å²) in [5, 5.41) is 41.4. The number of benzene rings is 4. The van der Waals surface area contributed by atoms with Gasteiger partial charge in [-0.05, 0) is 154 Å². The highest BCUT2D eigenvalue weighted by Gasteiger charge is 2.39. The van der Waals surface area contributed by atoms with E-state index < -0.39 is 42.7 Å². The number of rotatable bonds is 20. The molecule has 2 aliphatic heterocycles. The molecule has 2 saturated heterocycles. The molecule has 10 rings (SSSR count). The molecule has 4 aromatic heterocycles. The first-order chi connectivity index (χ1) is 61.5. The van der Waals surface area contributed by atoms with Crippen LogP contribution < -0.4 is 43.3 Å². The second-order valence-corrected chi connectivity index (χ2v) is 56.5. The van der Waals surface area contributed by atoms with Crippen molar-refractivity contribution >= 4 is 111 Å². The van der Waals surface area contributed by atoms with Gasteiger partial charge in [-0.25, -0.2) is 35.2 Å². The largest absolute Gasteiger partial charge is 0.418 e. The number of hydrogen-bond donors (Lipinski definition) is 9. The van der Waals surface area contributed by atoms with E-state index in [-0.39, 0.29) is 76.3 Å². The Balaban J connectivity index is -0.000000720. The molecule has 758 valence electrons. The number of ketones is 1. The van der Waals surface area contributed by atoms with Gasteiger partial charge >= 0.3 is 11.5 Å². The maximum Gasteiger partial charge on any atom is 0.418 e. The van der Waals surface area contributed by atoms with Crippen LogP contribution in [0, 0.1) is 12.0 Å². The van der Waals surface area contributed by atoms with Crippen molar-refractivity contribution in [1.82, 2.24) is 49.2 Å². The number of nitrogen functional groups attached to an aromatic ring is 3. The zero-order valence-corrected chi connectivity index (χ0v) is 91.9. The van der Waals surface area contributed by atoms with Crippen molar-refractivity contribution in [3.63, 3.8) is 0 Å². The zero-order valence-electron chi connectivity index (χ0n) is 87.6. The molecule has 6 heterocycles. The Morgan fingerprint density at radius 2 is 0.940 bits per heavy atom. The number of amides is 1. The molecule has 0 radical (unpaired) electrons. The number of carbonyl (C=O) groups is 3. The van der Waals surface area contributed by atoms with Gasteiger partial charge in [0.2, 0.25) is 5.78 Å². The van der Waals surface area contributed by atoms with Crippen LogP contribution in [0.3, 0.4) is 0 Å². The number of hydrogen-bond acceptors (Lipinski definition) is 22. The molecule has 2 aliphatic rings. The van der Waals surface area contributed by atoms with E-state index in [0.717, 1.165) is 65.9 Å². The summed E-state index contributed by atoms with van der Waals surface area (Å²) >= 11 is 11.1. The normalized spacial score (nSPS) is 12.5. The van der Waals surface area contributed by atoms with Crippen LogP contribution in [0.2, 0.25) is 54.4 Å². The molecular weight excluding hydrogens is 1800 g/mol. The minimum atomic E-state index is -1.84. The van der Waals surface area contributed by atoms with Crippen molar-refractivity contribution in [2.45, 2.75) is 289 Å². The van der Waals surface area contributed by atoms with Gasteiger partial charge in [-0.15, -0.1) is 12.4 Å². The Morgan fingerprint density at radius 1 is 0.571 bits per heavy atom. The van der Waals surface area contributed by atoms with Crippen molar-refractivity contribution in [3.05, 3.63) is 162 Å². The standard InChI is InChI=1S/C22H35N3O3Si.C15H31N3OSi.C13H11N3.C9H17N3O.C7H5ClO2.C7H11NO.C6H15ClSi.C6H15N.2C4H8O.C2H8N2O.C2H6O.CH3F.ClH/c1-21(2,3)18-16-19(23-20(26)28-17-12-10-9-11-13-17)25(24-18)14-15-27-29(7,8)22(4,5)6;1-14(2,3)12-11-13(16)18(17-12)9-10-19-20(7,8)15(4,5)6;14-10-5-7-11(8-6-10)16-9-15-12-3-1-2-4-13(12)16;1-9(2,3)7-6-8(10)12(11-7)4-5-13;8-7(9)10-6-4-2-1-3-5-6;1-7(2,3)6(9)5-8-4;1-6(2,3)8(4,5)7;1-4-7(5-2)6-3;2*1-2-4-5-3-1;3-4-1-2-5;1-2-3;1-2;/h9-13,16H,14-15H2,1-8H3,(H,23,26);11H,9-10,16H2,1-8H3;1-9H,14H2;6,13H,4-5,10H2,1-3H3;1-5H;5H2,1-3H3;1-5H3;4-6H2,1-3H3;2*1-4H2;4-5H,1-3H2;3H,2H2,1H3;1H3;1H/i;;;;;;;;;;;;1D;. The van der Waals surface area contributed by atoms with Crippen LogP contribution in [-0.4, -0.2) is 200 Å². The van der Waals surface area contributed by atoms with E-state index in [1.165, 1.54) is 45.3 Å². The number of imidazole rings is 1. The van der Waals surface area contributed by atoms with Crippen molar-refractivity contribution < 1.29 is 63.3 Å². The number of alkyl halides is 1. The van der Waals surface area contributed by atoms with Gasteiger partial charge in [-0.2, -0.15) is 26.4 Å². The maximum atomic E-state index is 12.4. The van der Waals surface area contributed by atoms with E-state index in [1.54, 1.807) is 52.7 Å². The summed E-state index contributed by atoms with van der Waals surface area (Å²) in [6.07, 6.45) is 6.40. The first kappa shape index (κ1) is 129. The van der Waals surface area contributed by atoms with Crippen LogP contribution >= 0.6 is 35.1 Å². The summed E-state index contributed by atoms with van der Waals surface area (Å²) < 4.78 is 55.1. The van der Waals surface area contributed by atoms with Gasteiger partial charge in [0, 0.05) is 102 Å². The second-order valence-electron chi connectivity index (χ2n) is 39.3. The summed E-state index contributed by atoms with van der Waals surface area (Å²) in [6.45, 7) is 83.9. The SMILES string of the molecule is C1CCOC1.C1CCOC1.CC(C)(C)[Si](C)(C)Cl.CC(C)(C)c1cc(N)n(CCO)n1.CC(C)(C)c1cc(N)n(CCO[Si](C)(C)C(C)(C)C)n1.CC(C)(C)c1cc(NC(=O)Oc2ccccc2)n(CCO[Si](C)(C)C(C)(C)C)n1.CCN(CC)CC.CCO.Cl.NNCCO.Nc1ccc(-n2cnc3ccccc32)cc1.O=C(Cl)Oc1ccccc1.[2H]CF.[C-]#[N+]CC(=O)C(C)(C)C. The molecule has 2 fully saturated rings. The first-order valence-corrected chi connectivity index (χ1v) is 55.6. The summed E-state index contributed by atoms with van der Waals surface area (Å²) in [4.78, 5) is 43.1. The highest BCUT2D eigenvalue weighted by atomic mass is 35.6. The number of nitrogens with two attached hydrogens (primary N) is 4. The zero-order chi connectivity index (χ0) is 103. The highest BCUT2D eigenvalue weighted by Crippen LogP contribution is 2.40. The van der Waals surface area contributed by atoms with Gasteiger partial charge in [0.25, 0.3) is 6.54 Å². The topological polar surface area (TPSA) is 374 Å². The van der Waals surface area contributed by atoms with E-state index in [4.69, 9.17) is 97.1 Å². The number of ether oxygens (including phenoxy) is 4. The number of aromatic nitrogens is 8. The molecule has 133 heavy (non-hydrogen) atoms. The third kappa shape index (κ3) is 57.9. The minimum Gasteiger partial charge on any atom is -0.415 e. The van der Waals surface area contributed by atoms with Crippen molar-refractivity contribution in [2.75, 3.05) is 122 Å². The number of aliphatic hydroxyl groups excluding tert-OH is 3. The molecule has 0 spiro atoms. The fourth-order valence-corrected chi connectivity index (χ4v) is 11.6. The molecule has 35 heteroatoms. The van der Waals surface area contributed by atoms with Gasteiger partial charge in [0.05, 0.1) is 82.7 Å². The predicted octanol–water partition coefficient (Wildman–Crippen LogP) is 22.5. The molecule has 8 aromatic rings. The molecule has 28 nitrogen and oxygen atoms in total. The Bertz CT molecular complexity index is 4380. The lowest BCUT2D eigenvalue weighted by atomic mass is 9.91. The number of aliphatic hydroxyl groups is 3. The molecule has 0 saturated carbocycles. The van der Waals surface area contributed by atoms with Crippen LogP contribution in [0.15, 0.2) is 134 Å². The average Bonchev–Trinajstić information content (AvgIpc) is 1.69. The van der Waals surface area contributed by atoms with Gasteiger partial charge in [-0.1, -0.05) is 228 Å². The molecule has 13 N–H and O–H groups in total. The predicted molar refractivity (Wildman–Crippen MR) is 564 cm³/mol. The number of nitrogens with zero attached hydrogens (tertiary/aromatic N) is 10. The maximum absolute atomic E-state index is 12.4. The van der Waals surface area contributed by atoms with Gasteiger partial charge < -0.3 is 70.1 Å². The van der Waals surface area contributed by atoms with Crippen LogP contribution in [0.1, 0.15) is 217 Å². The van der Waals surface area contributed by atoms with Crippen LogP contribution in [-0.2, 0) is 59.0 Å². The molecule has 0 aliphatic carbocycles. The van der Waals surface area contributed by atoms with Gasteiger partial charge in [0.15, 0.2) is 24.0 Å². The fraction of sp³-hybridized carbons (Fsp3) is 0.612. The summed E-state index contributed by atoms with van der Waals surface area (Å²) in [5.41, 5.74) is 25.3. The summed E-state index contributed by atoms with van der Waals surface area (Å²) in [6, 6.07) is 39.2. The van der Waals surface area contributed by atoms with Gasteiger partial charge in [-0.3, -0.25) is 30.3 Å². The molecule has 4 aromatic carbocycles. The molecule has 0 atom stereocenters. The third-order valence-corrected chi connectivity index (χ3v) is 35.4. The monoisotopic (exact) mass is 1980 g/mol. The van der Waals surface area contributed by atoms with Crippen LogP contribution in [0.25, 0.3) is 21.6 Å². The number of Topliss-reactive ketones (excluding diaryl/α,β-unsaturated/α-hetero) is 1. The number of anilines is 4. The smallest absolute Gasteiger partial charge is 0.415 e. The van der Waals surface area contributed by atoms with E-state index >= 15 is 0 Å². The average molecular weight is 1980 g/mol. The van der Waals surface area contributed by atoms with E-state index in [1.807, 2.05) is 117 Å². The summed E-state index contributed by atoms with van der Waals surface area (Å²) in [7, 11) is -5.92. The molecular formula is C98H174Cl3FN16O12Si3. The minimum absolute atomic E-state index is 0. The van der Waals surface area contributed by atoms with Crippen LogP contribution in [0.5, 0.6) is 11.5 Å². The number of fused-ring (bicyclic) bond motifs is 1. The Labute approximate surface area is 819 Å². The molecule has 1 amide bonds. The van der Waals surface area contributed by atoms with E-state index in [2.05, 4.69) is 236 Å². The Morgan fingerprint density at radius 3 is 1.24 bits per heavy atom. The van der Waals surface area contributed by atoms with E-state index in [0.29, 0.717) is 73.4 Å². The fourth-order valence-electron chi connectivity index (χ4n) is 9.48. The Kier molecular flexibility index (Phi) is 65.0. The van der Waals surface area contributed by atoms with Crippen molar-refractivity contribution in [3.8, 4) is 17.2 Å². The van der Waals surface area contributed by atoms with Crippen molar-refractivity contribution in [1.29, 1.82) is 0 Å². The van der Waals surface area contributed by atoms with E-state index in [9.17, 15) is 18.8 Å². The summed E-state index contributed by atoms with van der Waals surface area (Å²) in [5.74, 6) is 7.63. The number of hydrazine groups is 1. The lowest BCUT2D eigenvalue weighted by Gasteiger charge is -2.36. The van der Waals surface area contributed by atoms with Crippen molar-refractivity contribution in [2.24, 2.45) is 11.3 Å². The van der Waals surface area contributed by atoms with Gasteiger partial charge in [0.1, 0.15) is 35.3 Å². The third-order valence-electron chi connectivity index (χ3n) is 21.0. The lowest BCUT2D eigenvalue weighted by Crippen LogP contribution is -2.41. The molecule has 0 bridgehead atoms.